The minimum atomic E-state index is -1.22. The summed E-state index contributed by atoms with van der Waals surface area (Å²) >= 11 is 1.37. The van der Waals surface area contributed by atoms with Crippen molar-refractivity contribution in [2.45, 2.75) is 51.0 Å². The van der Waals surface area contributed by atoms with Crippen molar-refractivity contribution in [1.82, 2.24) is 10.3 Å². The Labute approximate surface area is 121 Å². The molecule has 110 valence electrons. The number of carboxylic acids is 1. The molecule has 0 aromatic carbocycles. The van der Waals surface area contributed by atoms with Crippen LogP contribution >= 0.6 is 11.3 Å². The number of hydrogen-bond acceptors (Lipinski definition) is 4. The van der Waals surface area contributed by atoms with E-state index in [1.54, 1.807) is 13.8 Å². The quantitative estimate of drug-likeness (QED) is 0.753. The van der Waals surface area contributed by atoms with Crippen molar-refractivity contribution in [2.24, 2.45) is 0 Å². The van der Waals surface area contributed by atoms with Gasteiger partial charge in [0.1, 0.15) is 5.54 Å². The van der Waals surface area contributed by atoms with Crippen LogP contribution in [0.15, 0.2) is 5.38 Å². The third-order valence-electron chi connectivity index (χ3n) is 3.71. The van der Waals surface area contributed by atoms with E-state index in [2.05, 4.69) is 15.6 Å². The standard InChI is InChI=1S/C13H19N3O3S/c1-3-13(4-2,10(17)18)16-11(19)15-12-14-9(7-20-12)8-5-6-8/h7-8H,3-6H2,1-2H3,(H,17,18)(H2,14,15,16,19). The summed E-state index contributed by atoms with van der Waals surface area (Å²) in [6.45, 7) is 3.49. The van der Waals surface area contributed by atoms with E-state index in [0.29, 0.717) is 23.9 Å². The first kappa shape index (κ1) is 14.8. The number of aliphatic carboxylic acids is 1. The van der Waals surface area contributed by atoms with E-state index in [9.17, 15) is 14.7 Å². The van der Waals surface area contributed by atoms with Crippen LogP contribution in [0.5, 0.6) is 0 Å². The smallest absolute Gasteiger partial charge is 0.329 e. The van der Waals surface area contributed by atoms with Gasteiger partial charge in [-0.2, -0.15) is 0 Å². The molecule has 0 unspecified atom stereocenters. The molecule has 0 bridgehead atoms. The Morgan fingerprint density at radius 1 is 1.45 bits per heavy atom. The Morgan fingerprint density at radius 3 is 2.60 bits per heavy atom. The predicted molar refractivity (Wildman–Crippen MR) is 77.2 cm³/mol. The maximum atomic E-state index is 11.9. The second kappa shape index (κ2) is 5.78. The maximum Gasteiger partial charge on any atom is 0.329 e. The van der Waals surface area contributed by atoms with Gasteiger partial charge in [0.15, 0.2) is 5.13 Å². The van der Waals surface area contributed by atoms with Crippen LogP contribution in [0.3, 0.4) is 0 Å². The van der Waals surface area contributed by atoms with Gasteiger partial charge in [-0.25, -0.2) is 14.6 Å². The maximum absolute atomic E-state index is 11.9. The zero-order valence-corrected chi connectivity index (χ0v) is 12.4. The lowest BCUT2D eigenvalue weighted by Gasteiger charge is -2.27. The first-order valence-electron chi connectivity index (χ1n) is 6.78. The van der Waals surface area contributed by atoms with E-state index < -0.39 is 17.5 Å². The molecule has 6 nitrogen and oxygen atoms in total. The number of amides is 2. The fraction of sp³-hybridized carbons (Fsp3) is 0.615. The van der Waals surface area contributed by atoms with Gasteiger partial charge in [-0.05, 0) is 25.7 Å². The van der Waals surface area contributed by atoms with Gasteiger partial charge in [0.25, 0.3) is 0 Å². The van der Waals surface area contributed by atoms with Gasteiger partial charge in [0.05, 0.1) is 5.69 Å². The van der Waals surface area contributed by atoms with Crippen molar-refractivity contribution in [2.75, 3.05) is 5.32 Å². The number of carbonyl (C=O) groups excluding carboxylic acids is 1. The fourth-order valence-corrected chi connectivity index (χ4v) is 2.83. The Balaban J connectivity index is 1.97. The van der Waals surface area contributed by atoms with Crippen LogP contribution in [0.25, 0.3) is 0 Å². The molecule has 0 saturated heterocycles. The van der Waals surface area contributed by atoms with E-state index >= 15 is 0 Å². The molecule has 1 saturated carbocycles. The molecular weight excluding hydrogens is 278 g/mol. The molecule has 1 aliphatic rings. The summed E-state index contributed by atoms with van der Waals surface area (Å²) in [7, 11) is 0. The third-order valence-corrected chi connectivity index (χ3v) is 4.48. The molecular formula is C13H19N3O3S. The molecule has 0 radical (unpaired) electrons. The predicted octanol–water partition coefficient (Wildman–Crippen LogP) is 2.79. The van der Waals surface area contributed by atoms with Crippen molar-refractivity contribution >= 4 is 28.5 Å². The third kappa shape index (κ3) is 3.09. The molecule has 1 fully saturated rings. The van der Waals surface area contributed by atoms with Gasteiger partial charge >= 0.3 is 12.0 Å². The number of rotatable bonds is 6. The number of anilines is 1. The Hall–Kier alpha value is -1.63. The molecule has 0 spiro atoms. The van der Waals surface area contributed by atoms with Crippen molar-refractivity contribution in [3.63, 3.8) is 0 Å². The average molecular weight is 297 g/mol. The Kier molecular flexibility index (Phi) is 4.27. The molecule has 1 aromatic rings. The molecule has 2 amide bonds. The Bertz CT molecular complexity index is 507. The van der Waals surface area contributed by atoms with Gasteiger partial charge in [-0.1, -0.05) is 13.8 Å². The van der Waals surface area contributed by atoms with Gasteiger partial charge < -0.3 is 10.4 Å². The zero-order chi connectivity index (χ0) is 14.8. The molecule has 1 heterocycles. The van der Waals surface area contributed by atoms with Gasteiger partial charge in [-0.15, -0.1) is 11.3 Å². The van der Waals surface area contributed by atoms with Gasteiger partial charge in [0, 0.05) is 11.3 Å². The molecule has 7 heteroatoms. The van der Waals surface area contributed by atoms with Crippen molar-refractivity contribution in [3.8, 4) is 0 Å². The number of nitrogens with one attached hydrogen (secondary N) is 2. The minimum absolute atomic E-state index is 0.331. The molecule has 3 N–H and O–H groups in total. The molecule has 1 aliphatic carbocycles. The number of hydrogen-bond donors (Lipinski definition) is 3. The van der Waals surface area contributed by atoms with Crippen LogP contribution < -0.4 is 10.6 Å². The lowest BCUT2D eigenvalue weighted by molar-refractivity contribution is -0.144. The minimum Gasteiger partial charge on any atom is -0.480 e. The number of carboxylic acid groups (broad SMARTS) is 1. The second-order valence-corrected chi connectivity index (χ2v) is 5.88. The normalized spacial score (nSPS) is 14.9. The van der Waals surface area contributed by atoms with Gasteiger partial charge in [0.2, 0.25) is 0 Å². The molecule has 2 rings (SSSR count). The summed E-state index contributed by atoms with van der Waals surface area (Å²) in [5.74, 6) is -0.482. The van der Waals surface area contributed by atoms with E-state index in [1.165, 1.54) is 11.3 Å². The lowest BCUT2D eigenvalue weighted by atomic mass is 9.93. The lowest BCUT2D eigenvalue weighted by Crippen LogP contribution is -2.54. The number of aromatic nitrogens is 1. The number of urea groups is 1. The van der Waals surface area contributed by atoms with E-state index in [-0.39, 0.29) is 0 Å². The van der Waals surface area contributed by atoms with Crippen LogP contribution in [0.1, 0.15) is 51.1 Å². The molecule has 1 aromatic heterocycles. The first-order chi connectivity index (χ1) is 9.50. The summed E-state index contributed by atoms with van der Waals surface area (Å²) in [6, 6.07) is -0.521. The first-order valence-corrected chi connectivity index (χ1v) is 7.66. The van der Waals surface area contributed by atoms with Crippen LogP contribution in [0.4, 0.5) is 9.93 Å². The highest BCUT2D eigenvalue weighted by atomic mass is 32.1. The van der Waals surface area contributed by atoms with E-state index in [0.717, 1.165) is 18.5 Å². The summed E-state index contributed by atoms with van der Waals surface area (Å²) in [5, 5.41) is 16.9. The SMILES string of the molecule is CCC(CC)(NC(=O)Nc1nc(C2CC2)cs1)C(=O)O. The topological polar surface area (TPSA) is 91.3 Å². The summed E-state index contributed by atoms with van der Waals surface area (Å²) < 4.78 is 0. The van der Waals surface area contributed by atoms with Gasteiger partial charge in [-0.3, -0.25) is 5.32 Å². The zero-order valence-electron chi connectivity index (χ0n) is 11.6. The second-order valence-electron chi connectivity index (χ2n) is 5.03. The van der Waals surface area contributed by atoms with E-state index in [4.69, 9.17) is 0 Å². The highest BCUT2D eigenvalue weighted by Crippen LogP contribution is 2.40. The van der Waals surface area contributed by atoms with Crippen LogP contribution in [-0.4, -0.2) is 27.6 Å². The summed E-state index contributed by atoms with van der Waals surface area (Å²) in [4.78, 5) is 27.6. The largest absolute Gasteiger partial charge is 0.480 e. The fourth-order valence-electron chi connectivity index (χ4n) is 2.04. The number of carbonyl (C=O) groups is 2. The number of thiazole rings is 1. The molecule has 20 heavy (non-hydrogen) atoms. The van der Waals surface area contributed by atoms with E-state index in [1.807, 2.05) is 5.38 Å². The van der Waals surface area contributed by atoms with Crippen molar-refractivity contribution < 1.29 is 14.7 Å². The molecule has 0 atom stereocenters. The highest BCUT2D eigenvalue weighted by Gasteiger charge is 2.36. The summed E-state index contributed by atoms with van der Waals surface area (Å²) in [6.07, 6.45) is 2.97. The van der Waals surface area contributed by atoms with Crippen LogP contribution in [-0.2, 0) is 4.79 Å². The Morgan fingerprint density at radius 2 is 2.10 bits per heavy atom. The van der Waals surface area contributed by atoms with Crippen LogP contribution in [0, 0.1) is 0 Å². The average Bonchev–Trinajstić information content (AvgIpc) is 3.17. The molecule has 0 aliphatic heterocycles. The van der Waals surface area contributed by atoms with Crippen LogP contribution in [0.2, 0.25) is 0 Å². The number of nitrogens with zero attached hydrogens (tertiary/aromatic N) is 1. The highest BCUT2D eigenvalue weighted by molar-refractivity contribution is 7.13. The van der Waals surface area contributed by atoms with Crippen molar-refractivity contribution in [1.29, 1.82) is 0 Å². The monoisotopic (exact) mass is 297 g/mol. The van der Waals surface area contributed by atoms with Crippen molar-refractivity contribution in [3.05, 3.63) is 11.1 Å². The summed E-state index contributed by atoms with van der Waals surface area (Å²) in [5.41, 5.74) is -0.207.